The van der Waals surface area contributed by atoms with E-state index >= 15 is 0 Å². The molecule has 3 heteroatoms. The highest BCUT2D eigenvalue weighted by atomic mass is 16.3. The number of likely N-dealkylation sites (tertiary alicyclic amines) is 1. The van der Waals surface area contributed by atoms with Crippen molar-refractivity contribution in [2.45, 2.75) is 12.5 Å². The Morgan fingerprint density at radius 2 is 2.50 bits per heavy atom. The highest BCUT2D eigenvalue weighted by Gasteiger charge is 2.40. The van der Waals surface area contributed by atoms with Crippen LogP contribution in [-0.2, 0) is 4.79 Å². The summed E-state index contributed by atoms with van der Waals surface area (Å²) >= 11 is 0. The molecule has 0 aromatic heterocycles. The summed E-state index contributed by atoms with van der Waals surface area (Å²) in [5, 5.41) is 8.73. The van der Waals surface area contributed by atoms with Crippen molar-refractivity contribution in [2.24, 2.45) is 5.92 Å². The van der Waals surface area contributed by atoms with Crippen LogP contribution in [0.4, 0.5) is 0 Å². The second kappa shape index (κ2) is 1.83. The van der Waals surface area contributed by atoms with Crippen molar-refractivity contribution in [1.82, 2.24) is 4.90 Å². The summed E-state index contributed by atoms with van der Waals surface area (Å²) in [6, 6.07) is 0.183. The minimum absolute atomic E-state index is 0.0668. The highest BCUT2D eigenvalue weighted by Crippen LogP contribution is 2.31. The number of rotatable bonds is 1. The van der Waals surface area contributed by atoms with Gasteiger partial charge in [-0.05, 0) is 6.42 Å². The predicted octanol–water partition coefficient (Wildman–Crippen LogP) is -0.277. The van der Waals surface area contributed by atoms with Gasteiger partial charge in [-0.3, -0.25) is 4.79 Å². The molecular formula is C7H9NO2. The van der Waals surface area contributed by atoms with Gasteiger partial charge in [-0.15, -0.1) is 0 Å². The molecule has 1 fully saturated rings. The first-order chi connectivity index (χ1) is 4.83. The van der Waals surface area contributed by atoms with Crippen molar-refractivity contribution < 1.29 is 9.90 Å². The number of carbonyl (C=O) groups is 1. The molecule has 1 aliphatic heterocycles. The lowest BCUT2D eigenvalue weighted by Crippen LogP contribution is -2.35. The molecule has 1 amide bonds. The van der Waals surface area contributed by atoms with Gasteiger partial charge in [0.15, 0.2) is 0 Å². The Labute approximate surface area is 58.9 Å². The van der Waals surface area contributed by atoms with E-state index in [0.29, 0.717) is 0 Å². The van der Waals surface area contributed by atoms with E-state index in [1.807, 2.05) is 12.2 Å². The summed E-state index contributed by atoms with van der Waals surface area (Å²) in [4.78, 5) is 12.6. The Balaban J connectivity index is 2.26. The molecule has 2 rings (SSSR count). The van der Waals surface area contributed by atoms with E-state index in [9.17, 15) is 4.79 Å². The van der Waals surface area contributed by atoms with Gasteiger partial charge in [0.05, 0.1) is 12.0 Å². The molecule has 3 nitrogen and oxygen atoms in total. The lowest BCUT2D eigenvalue weighted by atomic mass is 10.1. The van der Waals surface area contributed by atoms with Gasteiger partial charge in [0, 0.05) is 0 Å². The topological polar surface area (TPSA) is 40.5 Å². The van der Waals surface area contributed by atoms with Crippen molar-refractivity contribution in [3.63, 3.8) is 0 Å². The quantitative estimate of drug-likeness (QED) is 0.508. The minimum Gasteiger partial charge on any atom is -0.376 e. The fourth-order valence-corrected chi connectivity index (χ4v) is 1.64. The zero-order valence-corrected chi connectivity index (χ0v) is 5.53. The molecule has 54 valence electrons. The summed E-state index contributed by atoms with van der Waals surface area (Å²) in [5.74, 6) is 0.146. The van der Waals surface area contributed by atoms with Gasteiger partial charge in [-0.1, -0.05) is 12.2 Å². The number of aliphatic hydroxyl groups is 1. The molecule has 0 aromatic rings. The SMILES string of the molecule is O=C1C2C=CC(C2)N1CO. The highest BCUT2D eigenvalue weighted by molar-refractivity contribution is 5.85. The van der Waals surface area contributed by atoms with E-state index in [2.05, 4.69) is 0 Å². The van der Waals surface area contributed by atoms with Crippen LogP contribution in [0.2, 0.25) is 0 Å². The Bertz CT molecular complexity index is 200. The summed E-state index contributed by atoms with van der Waals surface area (Å²) in [6.07, 6.45) is 4.79. The first-order valence-corrected chi connectivity index (χ1v) is 3.42. The third-order valence-electron chi connectivity index (χ3n) is 2.21. The van der Waals surface area contributed by atoms with Crippen molar-refractivity contribution in [3.8, 4) is 0 Å². The van der Waals surface area contributed by atoms with Gasteiger partial charge in [-0.2, -0.15) is 0 Å². The van der Waals surface area contributed by atoms with Crippen molar-refractivity contribution in [2.75, 3.05) is 6.73 Å². The van der Waals surface area contributed by atoms with Crippen LogP contribution in [0.15, 0.2) is 12.2 Å². The van der Waals surface area contributed by atoms with Crippen molar-refractivity contribution in [1.29, 1.82) is 0 Å². The van der Waals surface area contributed by atoms with Gasteiger partial charge in [0.25, 0.3) is 0 Å². The standard InChI is InChI=1S/C7H9NO2/c9-4-8-6-2-1-5(3-6)7(8)10/h1-2,5-6,9H,3-4H2. The first-order valence-electron chi connectivity index (χ1n) is 3.42. The molecule has 1 heterocycles. The largest absolute Gasteiger partial charge is 0.376 e. The van der Waals surface area contributed by atoms with E-state index in [0.717, 1.165) is 6.42 Å². The van der Waals surface area contributed by atoms with Crippen LogP contribution in [-0.4, -0.2) is 28.7 Å². The Hall–Kier alpha value is -0.830. The average Bonchev–Trinajstić information content (AvgIpc) is 2.46. The second-order valence-corrected chi connectivity index (χ2v) is 2.74. The number of hydrogen-bond acceptors (Lipinski definition) is 2. The van der Waals surface area contributed by atoms with Crippen LogP contribution in [0.3, 0.4) is 0 Å². The summed E-state index contributed by atoms with van der Waals surface area (Å²) in [5.41, 5.74) is 0. The monoisotopic (exact) mass is 139 g/mol. The zero-order chi connectivity index (χ0) is 7.14. The first kappa shape index (κ1) is 5.92. The zero-order valence-electron chi connectivity index (χ0n) is 5.53. The average molecular weight is 139 g/mol. The molecule has 0 aromatic carbocycles. The molecule has 10 heavy (non-hydrogen) atoms. The van der Waals surface area contributed by atoms with Crippen molar-refractivity contribution >= 4 is 5.91 Å². The van der Waals surface area contributed by atoms with E-state index in [4.69, 9.17) is 5.11 Å². The number of amides is 1. The summed E-state index contributed by atoms with van der Waals surface area (Å²) in [6.45, 7) is -0.135. The molecule has 0 spiro atoms. The molecule has 1 aliphatic carbocycles. The second-order valence-electron chi connectivity index (χ2n) is 2.74. The minimum atomic E-state index is -0.135. The molecule has 2 aliphatic rings. The lowest BCUT2D eigenvalue weighted by molar-refractivity contribution is -0.134. The molecule has 2 atom stereocenters. The number of fused-ring (bicyclic) bond motifs is 2. The molecule has 0 radical (unpaired) electrons. The van der Waals surface area contributed by atoms with Crippen LogP contribution < -0.4 is 0 Å². The van der Waals surface area contributed by atoms with Crippen molar-refractivity contribution in [3.05, 3.63) is 12.2 Å². The molecule has 2 bridgehead atoms. The predicted molar refractivity (Wildman–Crippen MR) is 35.0 cm³/mol. The van der Waals surface area contributed by atoms with E-state index in [-0.39, 0.29) is 24.6 Å². The fourth-order valence-electron chi connectivity index (χ4n) is 1.64. The van der Waals surface area contributed by atoms with Crippen LogP contribution in [0.25, 0.3) is 0 Å². The van der Waals surface area contributed by atoms with Gasteiger partial charge in [0.2, 0.25) is 5.91 Å². The number of nitrogens with zero attached hydrogens (tertiary/aromatic N) is 1. The third kappa shape index (κ3) is 0.555. The van der Waals surface area contributed by atoms with Gasteiger partial charge >= 0.3 is 0 Å². The Morgan fingerprint density at radius 1 is 1.70 bits per heavy atom. The maximum Gasteiger partial charge on any atom is 0.231 e. The van der Waals surface area contributed by atoms with Gasteiger partial charge in [-0.25, -0.2) is 0 Å². The van der Waals surface area contributed by atoms with E-state index < -0.39 is 0 Å². The van der Waals surface area contributed by atoms with E-state index in [1.165, 1.54) is 4.90 Å². The maximum absolute atomic E-state index is 11.1. The molecule has 1 saturated heterocycles. The van der Waals surface area contributed by atoms with Crippen LogP contribution in [0, 0.1) is 5.92 Å². The summed E-state index contributed by atoms with van der Waals surface area (Å²) in [7, 11) is 0. The lowest BCUT2D eigenvalue weighted by Gasteiger charge is -2.20. The third-order valence-corrected chi connectivity index (χ3v) is 2.21. The van der Waals surface area contributed by atoms with Crippen LogP contribution >= 0.6 is 0 Å². The smallest absolute Gasteiger partial charge is 0.231 e. The normalized spacial score (nSPS) is 36.1. The number of carbonyl (C=O) groups excluding carboxylic acids is 1. The van der Waals surface area contributed by atoms with Gasteiger partial charge < -0.3 is 10.0 Å². The van der Waals surface area contributed by atoms with Gasteiger partial charge in [0.1, 0.15) is 6.73 Å². The Morgan fingerprint density at radius 3 is 2.90 bits per heavy atom. The molecular weight excluding hydrogens is 130 g/mol. The molecule has 1 N–H and O–H groups in total. The summed E-state index contributed by atoms with van der Waals surface area (Å²) < 4.78 is 0. The number of aliphatic hydroxyl groups excluding tert-OH is 1. The number of hydrogen-bond donors (Lipinski definition) is 1. The van der Waals surface area contributed by atoms with Crippen LogP contribution in [0.5, 0.6) is 0 Å². The Kier molecular flexibility index (Phi) is 1.08. The fraction of sp³-hybridized carbons (Fsp3) is 0.571. The molecule has 2 unspecified atom stereocenters. The van der Waals surface area contributed by atoms with Crippen LogP contribution in [0.1, 0.15) is 6.42 Å². The maximum atomic E-state index is 11.1. The van der Waals surface area contributed by atoms with E-state index in [1.54, 1.807) is 0 Å². The molecule has 0 saturated carbocycles.